The molecule has 4 heteroatoms. The third-order valence-electron chi connectivity index (χ3n) is 5.73. The quantitative estimate of drug-likeness (QED) is 0.808. The summed E-state index contributed by atoms with van der Waals surface area (Å²) in [4.78, 5) is 26.3. The van der Waals surface area contributed by atoms with Crippen LogP contribution in [0.15, 0.2) is 0 Å². The van der Waals surface area contributed by atoms with Gasteiger partial charge in [0.25, 0.3) is 0 Å². The summed E-state index contributed by atoms with van der Waals surface area (Å²) in [6.07, 6.45) is 9.21. The summed E-state index contributed by atoms with van der Waals surface area (Å²) in [6.45, 7) is 0.874. The molecule has 112 valence electrons. The number of carbonyl (C=O) groups is 2. The molecule has 20 heavy (non-hydrogen) atoms. The van der Waals surface area contributed by atoms with Crippen molar-refractivity contribution in [2.75, 3.05) is 6.54 Å². The van der Waals surface area contributed by atoms with Gasteiger partial charge < -0.3 is 10.0 Å². The molecular formula is C16H25NO3. The van der Waals surface area contributed by atoms with E-state index in [2.05, 4.69) is 0 Å². The van der Waals surface area contributed by atoms with E-state index in [9.17, 15) is 14.7 Å². The highest BCUT2D eigenvalue weighted by atomic mass is 16.4. The van der Waals surface area contributed by atoms with E-state index in [4.69, 9.17) is 0 Å². The van der Waals surface area contributed by atoms with Gasteiger partial charge in [0.05, 0.1) is 5.41 Å². The molecule has 1 heterocycles. The van der Waals surface area contributed by atoms with E-state index >= 15 is 0 Å². The van der Waals surface area contributed by atoms with Crippen LogP contribution in [0, 0.1) is 11.3 Å². The van der Waals surface area contributed by atoms with Crippen LogP contribution in [-0.4, -0.2) is 34.5 Å². The average Bonchev–Trinajstić information content (AvgIpc) is 2.97. The number of rotatable bonds is 3. The zero-order chi connectivity index (χ0) is 14.2. The Kier molecular flexibility index (Phi) is 3.74. The third kappa shape index (κ3) is 2.45. The van der Waals surface area contributed by atoms with Crippen LogP contribution in [0.1, 0.15) is 64.2 Å². The number of likely N-dealkylation sites (tertiary alicyclic amines) is 1. The van der Waals surface area contributed by atoms with Gasteiger partial charge in [0.15, 0.2) is 0 Å². The highest BCUT2D eigenvalue weighted by molar-refractivity contribution is 5.85. The van der Waals surface area contributed by atoms with Gasteiger partial charge in [-0.15, -0.1) is 0 Å². The second-order valence-electron chi connectivity index (χ2n) is 7.06. The monoisotopic (exact) mass is 279 g/mol. The fraction of sp³-hybridized carbons (Fsp3) is 0.875. The average molecular weight is 279 g/mol. The van der Waals surface area contributed by atoms with Gasteiger partial charge in [-0.3, -0.25) is 9.59 Å². The predicted molar refractivity (Wildman–Crippen MR) is 75.2 cm³/mol. The minimum atomic E-state index is -0.782. The number of amides is 1. The molecule has 2 atom stereocenters. The third-order valence-corrected chi connectivity index (χ3v) is 5.73. The van der Waals surface area contributed by atoms with Gasteiger partial charge in [-0.2, -0.15) is 0 Å². The summed E-state index contributed by atoms with van der Waals surface area (Å²) in [5, 5.41) is 9.67. The minimum absolute atomic E-state index is 0.0986. The predicted octanol–water partition coefficient (Wildman–Crippen LogP) is 2.81. The van der Waals surface area contributed by atoms with E-state index in [1.54, 1.807) is 0 Å². The van der Waals surface area contributed by atoms with Gasteiger partial charge in [0, 0.05) is 19.0 Å². The van der Waals surface area contributed by atoms with Crippen molar-refractivity contribution in [1.82, 2.24) is 4.90 Å². The van der Waals surface area contributed by atoms with E-state index in [1.165, 1.54) is 6.42 Å². The number of carboxylic acid groups (broad SMARTS) is 1. The standard InChI is InChI=1S/C16H25NO3/c18-14(17-11-12-5-6-13(17)9-12)10-16(15(19)20)7-3-1-2-4-8-16/h12-13H,1-11H2,(H,19,20). The fourth-order valence-corrected chi connectivity index (χ4v) is 4.49. The van der Waals surface area contributed by atoms with Gasteiger partial charge in [-0.05, 0) is 38.0 Å². The normalized spacial score (nSPS) is 32.1. The van der Waals surface area contributed by atoms with Gasteiger partial charge in [-0.25, -0.2) is 0 Å². The SMILES string of the molecule is O=C(CC1(C(=O)O)CCCCCC1)N1CC2CCC1C2. The van der Waals surface area contributed by atoms with Crippen LogP contribution >= 0.6 is 0 Å². The Morgan fingerprint density at radius 3 is 2.30 bits per heavy atom. The van der Waals surface area contributed by atoms with E-state index in [0.717, 1.165) is 45.1 Å². The van der Waals surface area contributed by atoms with Crippen molar-refractivity contribution in [3.63, 3.8) is 0 Å². The largest absolute Gasteiger partial charge is 0.481 e. The van der Waals surface area contributed by atoms with Crippen molar-refractivity contribution < 1.29 is 14.7 Å². The van der Waals surface area contributed by atoms with E-state index in [0.29, 0.717) is 24.8 Å². The van der Waals surface area contributed by atoms with Crippen LogP contribution in [0.4, 0.5) is 0 Å². The summed E-state index contributed by atoms with van der Waals surface area (Å²) in [5.41, 5.74) is -0.782. The molecule has 3 aliphatic rings. The first kappa shape index (κ1) is 13.9. The first-order valence-corrected chi connectivity index (χ1v) is 8.14. The molecule has 1 N–H and O–H groups in total. The molecule has 3 fully saturated rings. The maximum absolute atomic E-state index is 12.6. The van der Waals surface area contributed by atoms with Crippen LogP contribution < -0.4 is 0 Å². The topological polar surface area (TPSA) is 57.6 Å². The molecule has 0 spiro atoms. The second kappa shape index (κ2) is 5.38. The Hall–Kier alpha value is -1.06. The summed E-state index contributed by atoms with van der Waals surface area (Å²) in [7, 11) is 0. The Balaban J connectivity index is 1.69. The molecule has 2 unspecified atom stereocenters. The molecule has 0 aromatic carbocycles. The van der Waals surface area contributed by atoms with E-state index < -0.39 is 11.4 Å². The number of hydrogen-bond donors (Lipinski definition) is 1. The second-order valence-corrected chi connectivity index (χ2v) is 7.06. The van der Waals surface area contributed by atoms with Crippen LogP contribution in [0.25, 0.3) is 0 Å². The Morgan fingerprint density at radius 2 is 1.80 bits per heavy atom. The molecule has 3 rings (SSSR count). The highest BCUT2D eigenvalue weighted by Gasteiger charge is 2.45. The van der Waals surface area contributed by atoms with E-state index in [-0.39, 0.29) is 12.3 Å². The number of fused-ring (bicyclic) bond motifs is 2. The molecule has 0 aromatic heterocycles. The summed E-state index contributed by atoms with van der Waals surface area (Å²) in [5.74, 6) is 0.0254. The zero-order valence-corrected chi connectivity index (χ0v) is 12.1. The number of nitrogens with zero attached hydrogens (tertiary/aromatic N) is 1. The number of piperidine rings is 1. The summed E-state index contributed by atoms with van der Waals surface area (Å²) in [6, 6.07) is 0.407. The molecule has 2 bridgehead atoms. The molecule has 0 radical (unpaired) electrons. The Bertz CT molecular complexity index is 399. The van der Waals surface area contributed by atoms with Crippen molar-refractivity contribution in [3.05, 3.63) is 0 Å². The fourth-order valence-electron chi connectivity index (χ4n) is 4.49. The highest BCUT2D eigenvalue weighted by Crippen LogP contribution is 2.42. The molecule has 1 aliphatic heterocycles. The molecule has 2 saturated carbocycles. The molecule has 1 amide bonds. The Morgan fingerprint density at radius 1 is 1.10 bits per heavy atom. The van der Waals surface area contributed by atoms with Crippen molar-refractivity contribution in [1.29, 1.82) is 0 Å². The zero-order valence-electron chi connectivity index (χ0n) is 12.1. The lowest BCUT2D eigenvalue weighted by Crippen LogP contribution is -2.43. The Labute approximate surface area is 120 Å². The molecule has 2 aliphatic carbocycles. The van der Waals surface area contributed by atoms with E-state index in [1.807, 2.05) is 4.90 Å². The van der Waals surface area contributed by atoms with Gasteiger partial charge >= 0.3 is 5.97 Å². The van der Waals surface area contributed by atoms with Crippen LogP contribution in [-0.2, 0) is 9.59 Å². The summed E-state index contributed by atoms with van der Waals surface area (Å²) >= 11 is 0. The molecular weight excluding hydrogens is 254 g/mol. The number of carbonyl (C=O) groups excluding carboxylic acids is 1. The maximum atomic E-state index is 12.6. The maximum Gasteiger partial charge on any atom is 0.310 e. The molecule has 1 saturated heterocycles. The molecule has 4 nitrogen and oxygen atoms in total. The van der Waals surface area contributed by atoms with Crippen LogP contribution in [0.3, 0.4) is 0 Å². The van der Waals surface area contributed by atoms with Gasteiger partial charge in [0.1, 0.15) is 0 Å². The number of carboxylic acids is 1. The van der Waals surface area contributed by atoms with Gasteiger partial charge in [0.2, 0.25) is 5.91 Å². The minimum Gasteiger partial charge on any atom is -0.481 e. The van der Waals surface area contributed by atoms with Crippen molar-refractivity contribution >= 4 is 11.9 Å². The lowest BCUT2D eigenvalue weighted by Gasteiger charge is -2.33. The van der Waals surface area contributed by atoms with Gasteiger partial charge in [-0.1, -0.05) is 25.7 Å². The lowest BCUT2D eigenvalue weighted by atomic mass is 9.77. The number of hydrogen-bond acceptors (Lipinski definition) is 2. The first-order chi connectivity index (χ1) is 9.61. The van der Waals surface area contributed by atoms with Crippen LogP contribution in [0.5, 0.6) is 0 Å². The summed E-state index contributed by atoms with van der Waals surface area (Å²) < 4.78 is 0. The smallest absolute Gasteiger partial charge is 0.310 e. The number of aliphatic carboxylic acids is 1. The van der Waals surface area contributed by atoms with Crippen molar-refractivity contribution in [2.24, 2.45) is 11.3 Å². The van der Waals surface area contributed by atoms with Crippen molar-refractivity contribution in [3.8, 4) is 0 Å². The van der Waals surface area contributed by atoms with Crippen molar-refractivity contribution in [2.45, 2.75) is 70.3 Å². The first-order valence-electron chi connectivity index (χ1n) is 8.14. The van der Waals surface area contributed by atoms with Crippen LogP contribution in [0.2, 0.25) is 0 Å². The lowest BCUT2D eigenvalue weighted by molar-refractivity contribution is -0.155. The molecule has 0 aromatic rings.